The molecule has 0 spiro atoms. The number of nitrogens with one attached hydrogen (secondary N) is 1. The van der Waals surface area contributed by atoms with Gasteiger partial charge in [0.15, 0.2) is 0 Å². The Morgan fingerprint density at radius 3 is 2.87 bits per heavy atom. The summed E-state index contributed by atoms with van der Waals surface area (Å²) < 4.78 is 5.43. The molecule has 0 radical (unpaired) electrons. The van der Waals surface area contributed by atoms with Crippen LogP contribution in [0.5, 0.6) is 5.75 Å². The van der Waals surface area contributed by atoms with Gasteiger partial charge in [-0.3, -0.25) is 9.78 Å². The van der Waals surface area contributed by atoms with Gasteiger partial charge >= 0.3 is 0 Å². The van der Waals surface area contributed by atoms with Crippen molar-refractivity contribution >= 4 is 5.91 Å². The molecule has 1 saturated heterocycles. The summed E-state index contributed by atoms with van der Waals surface area (Å²) in [6, 6.07) is 11.3. The van der Waals surface area contributed by atoms with Crippen LogP contribution < -0.4 is 10.1 Å². The van der Waals surface area contributed by atoms with Gasteiger partial charge in [-0.15, -0.1) is 0 Å². The van der Waals surface area contributed by atoms with Gasteiger partial charge in [-0.25, -0.2) is 0 Å². The number of hydrogen-bond acceptors (Lipinski definition) is 4. The molecule has 2 heterocycles. The van der Waals surface area contributed by atoms with Crippen LogP contribution in [0.15, 0.2) is 48.8 Å². The van der Waals surface area contributed by atoms with E-state index in [9.17, 15) is 4.79 Å². The zero-order chi connectivity index (χ0) is 16.1. The number of hydrogen-bond donors (Lipinski definition) is 1. The average Bonchev–Trinajstić information content (AvgIpc) is 2.63. The molecule has 1 fully saturated rings. The molecule has 0 bridgehead atoms. The summed E-state index contributed by atoms with van der Waals surface area (Å²) in [7, 11) is 0. The molecule has 1 amide bonds. The fourth-order valence-corrected chi connectivity index (χ4v) is 2.84. The van der Waals surface area contributed by atoms with Crippen molar-refractivity contribution in [2.45, 2.75) is 13.0 Å². The zero-order valence-electron chi connectivity index (χ0n) is 13.2. The molecule has 1 N–H and O–H groups in total. The average molecular weight is 311 g/mol. The van der Waals surface area contributed by atoms with Gasteiger partial charge in [-0.1, -0.05) is 6.07 Å². The van der Waals surface area contributed by atoms with Crippen molar-refractivity contribution in [3.8, 4) is 5.75 Å². The van der Waals surface area contributed by atoms with Crippen LogP contribution in [0.25, 0.3) is 0 Å². The second-order valence-corrected chi connectivity index (χ2v) is 5.46. The van der Waals surface area contributed by atoms with E-state index in [2.05, 4.69) is 10.3 Å². The summed E-state index contributed by atoms with van der Waals surface area (Å²) in [5, 5.41) is 3.35. The number of rotatable bonds is 4. The highest BCUT2D eigenvalue weighted by Crippen LogP contribution is 2.24. The van der Waals surface area contributed by atoms with E-state index in [0.29, 0.717) is 18.7 Å². The van der Waals surface area contributed by atoms with Crippen LogP contribution >= 0.6 is 0 Å². The molecule has 1 aliphatic heterocycles. The summed E-state index contributed by atoms with van der Waals surface area (Å²) >= 11 is 0. The molecule has 120 valence electrons. The molecule has 23 heavy (non-hydrogen) atoms. The van der Waals surface area contributed by atoms with E-state index in [-0.39, 0.29) is 11.9 Å². The number of carbonyl (C=O) groups is 1. The van der Waals surface area contributed by atoms with Gasteiger partial charge in [0.1, 0.15) is 5.75 Å². The maximum absolute atomic E-state index is 12.9. The minimum Gasteiger partial charge on any atom is -0.494 e. The Balaban J connectivity index is 1.81. The van der Waals surface area contributed by atoms with Gasteiger partial charge in [-0.2, -0.15) is 0 Å². The van der Waals surface area contributed by atoms with Crippen molar-refractivity contribution in [3.63, 3.8) is 0 Å². The Kier molecular flexibility index (Phi) is 4.88. The van der Waals surface area contributed by atoms with E-state index in [0.717, 1.165) is 24.4 Å². The number of nitrogens with zero attached hydrogens (tertiary/aromatic N) is 2. The molecule has 1 aliphatic rings. The third kappa shape index (κ3) is 3.51. The molecule has 5 nitrogen and oxygen atoms in total. The second kappa shape index (κ2) is 7.24. The molecule has 5 heteroatoms. The Bertz CT molecular complexity index is 643. The third-order valence-corrected chi connectivity index (χ3v) is 3.99. The Morgan fingerprint density at radius 2 is 2.17 bits per heavy atom. The maximum atomic E-state index is 12.9. The van der Waals surface area contributed by atoms with Crippen LogP contribution in [0.2, 0.25) is 0 Å². The van der Waals surface area contributed by atoms with Gasteiger partial charge < -0.3 is 15.0 Å². The van der Waals surface area contributed by atoms with Crippen LogP contribution in [0.4, 0.5) is 0 Å². The number of piperazine rings is 1. The summed E-state index contributed by atoms with van der Waals surface area (Å²) in [4.78, 5) is 19.0. The summed E-state index contributed by atoms with van der Waals surface area (Å²) in [5.41, 5.74) is 1.74. The first kappa shape index (κ1) is 15.5. The fourth-order valence-electron chi connectivity index (χ4n) is 2.84. The third-order valence-electron chi connectivity index (χ3n) is 3.99. The van der Waals surface area contributed by atoms with Gasteiger partial charge in [0.25, 0.3) is 5.91 Å². The number of ether oxygens (including phenoxy) is 1. The van der Waals surface area contributed by atoms with Crippen LogP contribution in [-0.2, 0) is 0 Å². The van der Waals surface area contributed by atoms with E-state index >= 15 is 0 Å². The number of amides is 1. The Labute approximate surface area is 136 Å². The number of benzene rings is 1. The molecule has 3 rings (SSSR count). The minimum atomic E-state index is 0.0107. The second-order valence-electron chi connectivity index (χ2n) is 5.46. The van der Waals surface area contributed by atoms with E-state index < -0.39 is 0 Å². The molecule has 2 aromatic rings. The molecule has 1 aromatic heterocycles. The van der Waals surface area contributed by atoms with Crippen LogP contribution in [0.3, 0.4) is 0 Å². The first-order valence-corrected chi connectivity index (χ1v) is 7.94. The molecular formula is C18H21N3O2. The van der Waals surface area contributed by atoms with E-state index in [4.69, 9.17) is 4.74 Å². The fraction of sp³-hybridized carbons (Fsp3) is 0.333. The van der Waals surface area contributed by atoms with Crippen molar-refractivity contribution in [3.05, 3.63) is 59.9 Å². The zero-order valence-corrected chi connectivity index (χ0v) is 13.2. The topological polar surface area (TPSA) is 54.5 Å². The maximum Gasteiger partial charge on any atom is 0.254 e. The summed E-state index contributed by atoms with van der Waals surface area (Å²) in [6.07, 6.45) is 3.58. The molecule has 1 atom stereocenters. The first-order chi connectivity index (χ1) is 11.3. The Hall–Kier alpha value is -2.40. The van der Waals surface area contributed by atoms with E-state index in [1.54, 1.807) is 6.20 Å². The van der Waals surface area contributed by atoms with Crippen molar-refractivity contribution in [1.82, 2.24) is 15.2 Å². The summed E-state index contributed by atoms with van der Waals surface area (Å²) in [6.45, 7) is 4.80. The first-order valence-electron chi connectivity index (χ1n) is 7.94. The Morgan fingerprint density at radius 1 is 1.35 bits per heavy atom. The van der Waals surface area contributed by atoms with Crippen molar-refractivity contribution in [2.24, 2.45) is 0 Å². The van der Waals surface area contributed by atoms with E-state index in [1.165, 1.54) is 0 Å². The number of pyridine rings is 1. The van der Waals surface area contributed by atoms with Crippen molar-refractivity contribution < 1.29 is 9.53 Å². The number of aromatic nitrogens is 1. The highest BCUT2D eigenvalue weighted by molar-refractivity contribution is 5.94. The molecule has 0 aliphatic carbocycles. The van der Waals surface area contributed by atoms with Crippen molar-refractivity contribution in [1.29, 1.82) is 0 Å². The lowest BCUT2D eigenvalue weighted by atomic mass is 10.0. The van der Waals surface area contributed by atoms with Gasteiger partial charge in [0.2, 0.25) is 0 Å². The normalized spacial score (nSPS) is 17.8. The lowest BCUT2D eigenvalue weighted by molar-refractivity contribution is 0.0634. The SMILES string of the molecule is CCOc1ccc(C(=O)N2CCNCC2c2cccnc2)cc1. The predicted octanol–water partition coefficient (Wildman–Crippen LogP) is 2.27. The predicted molar refractivity (Wildman–Crippen MR) is 88.5 cm³/mol. The smallest absolute Gasteiger partial charge is 0.254 e. The van der Waals surface area contributed by atoms with Crippen LogP contribution in [0, 0.1) is 0 Å². The number of carbonyl (C=O) groups excluding carboxylic acids is 1. The van der Waals surface area contributed by atoms with Gasteiger partial charge in [0.05, 0.1) is 12.6 Å². The highest BCUT2D eigenvalue weighted by Gasteiger charge is 2.28. The summed E-state index contributed by atoms with van der Waals surface area (Å²) in [5.74, 6) is 0.830. The van der Waals surface area contributed by atoms with Gasteiger partial charge in [-0.05, 0) is 42.8 Å². The minimum absolute atomic E-state index is 0.0107. The van der Waals surface area contributed by atoms with E-state index in [1.807, 2.05) is 54.4 Å². The van der Waals surface area contributed by atoms with Crippen molar-refractivity contribution in [2.75, 3.05) is 26.2 Å². The lowest BCUT2D eigenvalue weighted by Crippen LogP contribution is -2.48. The lowest BCUT2D eigenvalue weighted by Gasteiger charge is -2.36. The van der Waals surface area contributed by atoms with Gasteiger partial charge in [0, 0.05) is 37.6 Å². The molecule has 1 unspecified atom stereocenters. The monoisotopic (exact) mass is 311 g/mol. The van der Waals surface area contributed by atoms with Crippen LogP contribution in [0.1, 0.15) is 28.9 Å². The molecular weight excluding hydrogens is 290 g/mol. The van der Waals surface area contributed by atoms with Crippen LogP contribution in [-0.4, -0.2) is 42.0 Å². The highest BCUT2D eigenvalue weighted by atomic mass is 16.5. The quantitative estimate of drug-likeness (QED) is 0.941. The molecule has 0 saturated carbocycles. The largest absolute Gasteiger partial charge is 0.494 e. The molecule has 1 aromatic carbocycles. The standard InChI is InChI=1S/C18H21N3O2/c1-2-23-16-7-5-14(6-8-16)18(22)21-11-10-20-13-17(21)15-4-3-9-19-12-15/h3-9,12,17,20H,2,10-11,13H2,1H3.